The van der Waals surface area contributed by atoms with Gasteiger partial charge < -0.3 is 10.2 Å². The van der Waals surface area contributed by atoms with Crippen LogP contribution in [0.1, 0.15) is 25.3 Å². The first-order valence-electron chi connectivity index (χ1n) is 7.43. The highest BCUT2D eigenvalue weighted by molar-refractivity contribution is 9.10. The van der Waals surface area contributed by atoms with Crippen LogP contribution in [0.2, 0.25) is 0 Å². The number of likely N-dealkylation sites (tertiary alicyclic amines) is 1. The van der Waals surface area contributed by atoms with Crippen LogP contribution in [0.15, 0.2) is 22.7 Å². The molecule has 1 fully saturated rings. The van der Waals surface area contributed by atoms with Crippen LogP contribution in [0.3, 0.4) is 0 Å². The molecule has 120 valence electrons. The second-order valence-electron chi connectivity index (χ2n) is 5.74. The Morgan fingerprint density at radius 2 is 2.14 bits per heavy atom. The number of rotatable bonds is 3. The molecule has 1 amide bonds. The molecular formula is C16H21BrN2OS2. The van der Waals surface area contributed by atoms with Gasteiger partial charge in [-0.05, 0) is 49.4 Å². The fourth-order valence-electron chi connectivity index (χ4n) is 2.33. The topological polar surface area (TPSA) is 32.3 Å². The summed E-state index contributed by atoms with van der Waals surface area (Å²) in [4.78, 5) is 14.2. The van der Waals surface area contributed by atoms with E-state index in [2.05, 4.69) is 33.1 Å². The Balaban J connectivity index is 1.77. The van der Waals surface area contributed by atoms with Crippen LogP contribution in [0.4, 0.5) is 5.69 Å². The van der Waals surface area contributed by atoms with Gasteiger partial charge in [0.1, 0.15) is 4.32 Å². The smallest absolute Gasteiger partial charge is 0.234 e. The standard InChI is InChI=1S/C16H21BrN2OS2/c1-11-5-7-19(8-6-11)16(21)22-10-15(20)18-13-3-4-14(17)12(2)9-13/h3-4,9,11H,5-8,10H2,1-2H3,(H,18,20). The minimum atomic E-state index is -0.0144. The normalized spacial score (nSPS) is 15.7. The molecule has 2 rings (SSSR count). The molecule has 0 radical (unpaired) electrons. The maximum absolute atomic E-state index is 12.0. The van der Waals surface area contributed by atoms with E-state index in [9.17, 15) is 4.79 Å². The number of nitrogens with zero attached hydrogens (tertiary/aromatic N) is 1. The lowest BCUT2D eigenvalue weighted by atomic mass is 10.00. The Bertz CT molecular complexity index is 557. The number of aryl methyl sites for hydroxylation is 1. The fourth-order valence-corrected chi connectivity index (χ4v) is 3.63. The number of carbonyl (C=O) groups excluding carboxylic acids is 1. The average molecular weight is 401 g/mol. The molecule has 1 saturated heterocycles. The molecule has 0 bridgehead atoms. The van der Waals surface area contributed by atoms with Gasteiger partial charge in [0.2, 0.25) is 5.91 Å². The molecule has 1 aromatic rings. The number of carbonyl (C=O) groups is 1. The number of nitrogens with one attached hydrogen (secondary N) is 1. The Morgan fingerprint density at radius 1 is 1.45 bits per heavy atom. The van der Waals surface area contributed by atoms with Crippen molar-refractivity contribution >= 4 is 55.8 Å². The van der Waals surface area contributed by atoms with E-state index in [1.165, 1.54) is 24.6 Å². The number of thiocarbonyl (C=S) groups is 1. The van der Waals surface area contributed by atoms with Gasteiger partial charge in [0.15, 0.2) is 0 Å². The van der Waals surface area contributed by atoms with E-state index in [4.69, 9.17) is 12.2 Å². The molecule has 22 heavy (non-hydrogen) atoms. The van der Waals surface area contributed by atoms with Gasteiger partial charge >= 0.3 is 0 Å². The van der Waals surface area contributed by atoms with Crippen LogP contribution in [-0.4, -0.2) is 34.0 Å². The SMILES string of the molecule is Cc1cc(NC(=O)CSC(=S)N2CCC(C)CC2)ccc1Br. The highest BCUT2D eigenvalue weighted by atomic mass is 79.9. The summed E-state index contributed by atoms with van der Waals surface area (Å²) >= 11 is 10.3. The number of halogens is 1. The summed E-state index contributed by atoms with van der Waals surface area (Å²) in [5, 5.41) is 2.92. The Labute approximate surface area is 150 Å². The Morgan fingerprint density at radius 3 is 2.77 bits per heavy atom. The number of hydrogen-bond acceptors (Lipinski definition) is 3. The summed E-state index contributed by atoms with van der Waals surface area (Å²) in [5.41, 5.74) is 1.92. The van der Waals surface area contributed by atoms with E-state index in [-0.39, 0.29) is 5.91 Å². The zero-order valence-electron chi connectivity index (χ0n) is 12.9. The van der Waals surface area contributed by atoms with E-state index >= 15 is 0 Å². The number of piperidine rings is 1. The zero-order chi connectivity index (χ0) is 16.1. The lowest BCUT2D eigenvalue weighted by molar-refractivity contribution is -0.113. The fraction of sp³-hybridized carbons (Fsp3) is 0.500. The van der Waals surface area contributed by atoms with Crippen molar-refractivity contribution in [2.24, 2.45) is 5.92 Å². The predicted octanol–water partition coefficient (Wildman–Crippen LogP) is 4.45. The first-order chi connectivity index (χ1) is 10.5. The maximum Gasteiger partial charge on any atom is 0.234 e. The van der Waals surface area contributed by atoms with Crippen LogP contribution in [0.5, 0.6) is 0 Å². The van der Waals surface area contributed by atoms with Crippen LogP contribution < -0.4 is 5.32 Å². The van der Waals surface area contributed by atoms with Crippen molar-refractivity contribution in [1.82, 2.24) is 4.90 Å². The molecule has 0 aliphatic carbocycles. The summed E-state index contributed by atoms with van der Waals surface area (Å²) in [6.07, 6.45) is 2.37. The van der Waals surface area contributed by atoms with Crippen molar-refractivity contribution in [2.75, 3.05) is 24.2 Å². The number of thioether (sulfide) groups is 1. The van der Waals surface area contributed by atoms with E-state index in [1.54, 1.807) is 0 Å². The molecular weight excluding hydrogens is 380 g/mol. The highest BCUT2D eigenvalue weighted by Crippen LogP contribution is 2.22. The van der Waals surface area contributed by atoms with Gasteiger partial charge in [-0.3, -0.25) is 4.79 Å². The molecule has 0 saturated carbocycles. The molecule has 1 N–H and O–H groups in total. The maximum atomic E-state index is 12.0. The molecule has 0 aromatic heterocycles. The predicted molar refractivity (Wildman–Crippen MR) is 103 cm³/mol. The van der Waals surface area contributed by atoms with Gasteiger partial charge in [0.05, 0.1) is 5.75 Å². The molecule has 1 aromatic carbocycles. The van der Waals surface area contributed by atoms with Gasteiger partial charge in [-0.25, -0.2) is 0 Å². The van der Waals surface area contributed by atoms with Gasteiger partial charge in [-0.15, -0.1) is 0 Å². The quantitative estimate of drug-likeness (QED) is 0.759. The van der Waals surface area contributed by atoms with Crippen molar-refractivity contribution in [3.63, 3.8) is 0 Å². The van der Waals surface area contributed by atoms with Crippen LogP contribution in [0.25, 0.3) is 0 Å². The second-order valence-corrected chi connectivity index (χ2v) is 8.20. The number of anilines is 1. The third kappa shape index (κ3) is 5.25. The van der Waals surface area contributed by atoms with Gasteiger partial charge in [-0.2, -0.15) is 0 Å². The summed E-state index contributed by atoms with van der Waals surface area (Å²) in [7, 11) is 0. The zero-order valence-corrected chi connectivity index (χ0v) is 16.1. The minimum Gasteiger partial charge on any atom is -0.357 e. The second kappa shape index (κ2) is 8.31. The summed E-state index contributed by atoms with van der Waals surface area (Å²) in [6, 6.07) is 5.79. The minimum absolute atomic E-state index is 0.0144. The summed E-state index contributed by atoms with van der Waals surface area (Å²) < 4.78 is 1.88. The van der Waals surface area contributed by atoms with Gasteiger partial charge in [0.25, 0.3) is 0 Å². The lowest BCUT2D eigenvalue weighted by Gasteiger charge is -2.31. The molecule has 6 heteroatoms. The van der Waals surface area contributed by atoms with Crippen molar-refractivity contribution in [1.29, 1.82) is 0 Å². The van der Waals surface area contributed by atoms with E-state index in [1.807, 2.05) is 25.1 Å². The lowest BCUT2D eigenvalue weighted by Crippen LogP contribution is -2.36. The highest BCUT2D eigenvalue weighted by Gasteiger charge is 2.18. The Kier molecular flexibility index (Phi) is 6.71. The van der Waals surface area contributed by atoms with Gasteiger partial charge in [-0.1, -0.05) is 46.8 Å². The Hall–Kier alpha value is -0.590. The molecule has 1 aliphatic rings. The first-order valence-corrected chi connectivity index (χ1v) is 9.62. The van der Waals surface area contributed by atoms with Crippen LogP contribution >= 0.6 is 39.9 Å². The van der Waals surface area contributed by atoms with Crippen LogP contribution in [-0.2, 0) is 4.79 Å². The largest absolute Gasteiger partial charge is 0.357 e. The number of benzene rings is 1. The molecule has 0 spiro atoms. The molecule has 0 atom stereocenters. The molecule has 1 aliphatic heterocycles. The van der Waals surface area contributed by atoms with Crippen LogP contribution in [0, 0.1) is 12.8 Å². The summed E-state index contributed by atoms with van der Waals surface area (Å²) in [6.45, 7) is 6.31. The van der Waals surface area contributed by atoms with E-state index < -0.39 is 0 Å². The third-order valence-corrected chi connectivity index (χ3v) is 6.22. The third-order valence-electron chi connectivity index (χ3n) is 3.81. The molecule has 3 nitrogen and oxygen atoms in total. The van der Waals surface area contributed by atoms with Gasteiger partial charge in [0, 0.05) is 23.2 Å². The monoisotopic (exact) mass is 400 g/mol. The van der Waals surface area contributed by atoms with Crippen molar-refractivity contribution in [3.8, 4) is 0 Å². The average Bonchev–Trinajstić information content (AvgIpc) is 2.49. The molecule has 0 unspecified atom stereocenters. The number of amides is 1. The summed E-state index contributed by atoms with van der Waals surface area (Å²) in [5.74, 6) is 1.13. The number of hydrogen-bond donors (Lipinski definition) is 1. The van der Waals surface area contributed by atoms with Crippen molar-refractivity contribution < 1.29 is 4.79 Å². The van der Waals surface area contributed by atoms with Crippen molar-refractivity contribution in [2.45, 2.75) is 26.7 Å². The van der Waals surface area contributed by atoms with Crippen molar-refractivity contribution in [3.05, 3.63) is 28.2 Å². The van der Waals surface area contributed by atoms with E-state index in [0.29, 0.717) is 5.75 Å². The first kappa shape index (κ1) is 17.8. The molecule has 1 heterocycles. The van der Waals surface area contributed by atoms with E-state index in [0.717, 1.165) is 39.1 Å².